The monoisotopic (exact) mass is 183 g/mol. The average Bonchev–Trinajstić information content (AvgIpc) is 2.40. The first-order valence-corrected chi connectivity index (χ1v) is 4.70. The van der Waals surface area contributed by atoms with Crippen molar-refractivity contribution in [1.29, 1.82) is 0 Å². The summed E-state index contributed by atoms with van der Waals surface area (Å²) in [6.45, 7) is 6.26. The lowest BCUT2D eigenvalue weighted by Crippen LogP contribution is -2.36. The van der Waals surface area contributed by atoms with E-state index >= 15 is 0 Å². The lowest BCUT2D eigenvalue weighted by molar-refractivity contribution is -0.133. The fraction of sp³-hybridized carbons (Fsp3) is 0.778. The molecule has 0 aromatic rings. The molecule has 1 aliphatic heterocycles. The van der Waals surface area contributed by atoms with Gasteiger partial charge in [0.2, 0.25) is 0 Å². The molecular weight excluding hydrogens is 166 g/mol. The van der Waals surface area contributed by atoms with Crippen LogP contribution < -0.4 is 5.73 Å². The number of carbonyl (C=O) groups excluding carboxylic acids is 1. The zero-order valence-corrected chi connectivity index (χ0v) is 8.45. The highest BCUT2D eigenvalue weighted by Crippen LogP contribution is 2.18. The van der Waals surface area contributed by atoms with E-state index in [1.54, 1.807) is 5.01 Å². The van der Waals surface area contributed by atoms with E-state index in [1.165, 1.54) is 0 Å². The van der Waals surface area contributed by atoms with Gasteiger partial charge in [0.1, 0.15) is 0 Å². The van der Waals surface area contributed by atoms with Crippen LogP contribution in [0.1, 0.15) is 27.2 Å². The summed E-state index contributed by atoms with van der Waals surface area (Å²) in [5.41, 5.74) is 6.33. The molecule has 0 spiro atoms. The minimum Gasteiger partial charge on any atom is -0.329 e. The van der Waals surface area contributed by atoms with Crippen molar-refractivity contribution in [3.63, 3.8) is 0 Å². The molecule has 4 heteroatoms. The zero-order chi connectivity index (χ0) is 10.0. The highest BCUT2D eigenvalue weighted by atomic mass is 16.2. The van der Waals surface area contributed by atoms with E-state index in [0.29, 0.717) is 6.54 Å². The number of nitrogens with zero attached hydrogens (tertiary/aromatic N) is 2. The third-order valence-electron chi connectivity index (χ3n) is 2.54. The van der Waals surface area contributed by atoms with Crippen molar-refractivity contribution in [2.75, 3.05) is 6.54 Å². The quantitative estimate of drug-likeness (QED) is 0.695. The summed E-state index contributed by atoms with van der Waals surface area (Å²) in [7, 11) is 0. The van der Waals surface area contributed by atoms with Gasteiger partial charge in [-0.25, -0.2) is 5.01 Å². The standard InChI is InChI=1S/C9H17N3O/c1-4-6(2)12-9(13)8(5-10)7(3)11-12/h6,8H,4-5,10H2,1-3H3. The van der Waals surface area contributed by atoms with Crippen LogP contribution in [-0.2, 0) is 4.79 Å². The van der Waals surface area contributed by atoms with E-state index in [0.717, 1.165) is 12.1 Å². The smallest absolute Gasteiger partial charge is 0.253 e. The second-order valence-corrected chi connectivity index (χ2v) is 3.47. The number of amides is 1. The Morgan fingerprint density at radius 3 is 2.69 bits per heavy atom. The van der Waals surface area contributed by atoms with Crippen molar-refractivity contribution >= 4 is 11.6 Å². The summed E-state index contributed by atoms with van der Waals surface area (Å²) in [6.07, 6.45) is 0.916. The fourth-order valence-corrected chi connectivity index (χ4v) is 1.39. The van der Waals surface area contributed by atoms with Crippen LogP contribution in [0.5, 0.6) is 0 Å². The molecule has 0 fully saturated rings. The largest absolute Gasteiger partial charge is 0.329 e. The molecule has 0 bridgehead atoms. The summed E-state index contributed by atoms with van der Waals surface area (Å²) in [6, 6.07) is 0.180. The van der Waals surface area contributed by atoms with E-state index in [4.69, 9.17) is 5.73 Å². The Balaban J connectivity index is 2.77. The van der Waals surface area contributed by atoms with Crippen LogP contribution in [-0.4, -0.2) is 29.2 Å². The van der Waals surface area contributed by atoms with E-state index < -0.39 is 0 Å². The average molecular weight is 183 g/mol. The van der Waals surface area contributed by atoms with Crippen molar-refractivity contribution in [3.8, 4) is 0 Å². The Morgan fingerprint density at radius 1 is 1.69 bits per heavy atom. The molecule has 2 N–H and O–H groups in total. The third-order valence-corrected chi connectivity index (χ3v) is 2.54. The van der Waals surface area contributed by atoms with Gasteiger partial charge in [-0.05, 0) is 20.3 Å². The molecule has 74 valence electrons. The van der Waals surface area contributed by atoms with E-state index in [1.807, 2.05) is 20.8 Å². The van der Waals surface area contributed by atoms with E-state index in [9.17, 15) is 4.79 Å². The van der Waals surface area contributed by atoms with Crippen molar-refractivity contribution in [2.24, 2.45) is 16.8 Å². The van der Waals surface area contributed by atoms with Crippen LogP contribution in [0.4, 0.5) is 0 Å². The summed E-state index contributed by atoms with van der Waals surface area (Å²) >= 11 is 0. The van der Waals surface area contributed by atoms with Crippen LogP contribution >= 0.6 is 0 Å². The number of hydrazone groups is 1. The first kappa shape index (κ1) is 10.2. The zero-order valence-electron chi connectivity index (χ0n) is 8.45. The third kappa shape index (κ3) is 1.72. The molecular formula is C9H17N3O. The van der Waals surface area contributed by atoms with Crippen molar-refractivity contribution in [3.05, 3.63) is 0 Å². The highest BCUT2D eigenvalue weighted by Gasteiger charge is 2.34. The number of hydrogen-bond donors (Lipinski definition) is 1. The Labute approximate surface area is 78.8 Å². The highest BCUT2D eigenvalue weighted by molar-refractivity contribution is 6.07. The van der Waals surface area contributed by atoms with Crippen molar-refractivity contribution < 1.29 is 4.79 Å². The lowest BCUT2D eigenvalue weighted by atomic mass is 10.1. The summed E-state index contributed by atoms with van der Waals surface area (Å²) in [5.74, 6) is -0.136. The molecule has 1 rings (SSSR count). The summed E-state index contributed by atoms with van der Waals surface area (Å²) in [5, 5.41) is 5.78. The maximum absolute atomic E-state index is 11.7. The van der Waals surface area contributed by atoms with Gasteiger partial charge in [0.05, 0.1) is 12.0 Å². The molecule has 2 atom stereocenters. The van der Waals surface area contributed by atoms with Crippen LogP contribution in [0.25, 0.3) is 0 Å². The van der Waals surface area contributed by atoms with Crippen LogP contribution in [0, 0.1) is 5.92 Å². The van der Waals surface area contributed by atoms with Gasteiger partial charge in [0, 0.05) is 12.3 Å². The van der Waals surface area contributed by atoms with E-state index in [-0.39, 0.29) is 17.9 Å². The molecule has 1 heterocycles. The van der Waals surface area contributed by atoms with Crippen molar-refractivity contribution in [1.82, 2.24) is 5.01 Å². The second-order valence-electron chi connectivity index (χ2n) is 3.47. The molecule has 2 unspecified atom stereocenters. The normalized spacial score (nSPS) is 24.9. The van der Waals surface area contributed by atoms with Gasteiger partial charge in [0.25, 0.3) is 5.91 Å². The van der Waals surface area contributed by atoms with Crippen LogP contribution in [0.15, 0.2) is 5.10 Å². The first-order valence-electron chi connectivity index (χ1n) is 4.70. The van der Waals surface area contributed by atoms with Crippen LogP contribution in [0.2, 0.25) is 0 Å². The van der Waals surface area contributed by atoms with Crippen LogP contribution in [0.3, 0.4) is 0 Å². The van der Waals surface area contributed by atoms with Gasteiger partial charge in [-0.15, -0.1) is 0 Å². The van der Waals surface area contributed by atoms with Gasteiger partial charge in [0.15, 0.2) is 0 Å². The lowest BCUT2D eigenvalue weighted by Gasteiger charge is -2.19. The first-order chi connectivity index (χ1) is 6.11. The van der Waals surface area contributed by atoms with Gasteiger partial charge in [-0.3, -0.25) is 4.79 Å². The molecule has 0 aromatic carbocycles. The minimum atomic E-state index is -0.186. The summed E-state index contributed by atoms with van der Waals surface area (Å²) in [4.78, 5) is 11.7. The maximum Gasteiger partial charge on any atom is 0.253 e. The van der Waals surface area contributed by atoms with Gasteiger partial charge >= 0.3 is 0 Å². The van der Waals surface area contributed by atoms with Gasteiger partial charge in [-0.2, -0.15) is 5.10 Å². The summed E-state index contributed by atoms with van der Waals surface area (Å²) < 4.78 is 0. The molecule has 1 amide bonds. The number of rotatable bonds is 3. The molecule has 4 nitrogen and oxygen atoms in total. The minimum absolute atomic E-state index is 0.0503. The molecule has 13 heavy (non-hydrogen) atoms. The van der Waals surface area contributed by atoms with Gasteiger partial charge in [-0.1, -0.05) is 6.92 Å². The second kappa shape index (κ2) is 3.87. The Kier molecular flexibility index (Phi) is 3.03. The van der Waals surface area contributed by atoms with Gasteiger partial charge < -0.3 is 5.73 Å². The number of hydrogen-bond acceptors (Lipinski definition) is 3. The number of nitrogens with two attached hydrogens (primary N) is 1. The molecule has 0 aliphatic carbocycles. The molecule has 0 saturated carbocycles. The Morgan fingerprint density at radius 2 is 2.31 bits per heavy atom. The molecule has 1 aliphatic rings. The molecule has 0 radical (unpaired) electrons. The maximum atomic E-state index is 11.7. The topological polar surface area (TPSA) is 58.7 Å². The Bertz CT molecular complexity index is 237. The van der Waals surface area contributed by atoms with E-state index in [2.05, 4.69) is 5.10 Å². The molecule has 0 aromatic heterocycles. The van der Waals surface area contributed by atoms with Crippen molar-refractivity contribution in [2.45, 2.75) is 33.2 Å². The molecule has 0 saturated heterocycles. The predicted molar refractivity (Wildman–Crippen MR) is 52.3 cm³/mol. The SMILES string of the molecule is CCC(C)N1N=C(C)C(CN)C1=O. The Hall–Kier alpha value is -0.900. The number of carbonyl (C=O) groups is 1. The fourth-order valence-electron chi connectivity index (χ4n) is 1.39. The predicted octanol–water partition coefficient (Wildman–Crippen LogP) is 0.578.